The number of piperazine rings is 1. The van der Waals surface area contributed by atoms with Gasteiger partial charge >= 0.3 is 6.18 Å². The molecule has 1 N–H and O–H groups in total. The Kier molecular flexibility index (Phi) is 6.29. The lowest BCUT2D eigenvalue weighted by atomic mass is 10.00. The molecule has 26 heavy (non-hydrogen) atoms. The van der Waals surface area contributed by atoms with Crippen LogP contribution in [0.5, 0.6) is 0 Å². The molecular formula is C20H23F3N2O. The number of halogens is 3. The Hall–Kier alpha value is -1.89. The fourth-order valence-electron chi connectivity index (χ4n) is 3.09. The molecule has 1 aliphatic heterocycles. The topological polar surface area (TPSA) is 24.5 Å². The molecule has 0 aromatic heterocycles. The van der Waals surface area contributed by atoms with Gasteiger partial charge in [0.05, 0.1) is 12.2 Å². The van der Waals surface area contributed by atoms with Gasteiger partial charge in [-0.1, -0.05) is 42.5 Å². The number of nitrogens with zero attached hydrogens (tertiary/aromatic N) is 1. The van der Waals surface area contributed by atoms with Crippen molar-refractivity contribution in [3.8, 4) is 0 Å². The summed E-state index contributed by atoms with van der Waals surface area (Å²) < 4.78 is 44.5. The highest BCUT2D eigenvalue weighted by Gasteiger charge is 2.30. The van der Waals surface area contributed by atoms with Gasteiger partial charge in [0.2, 0.25) is 0 Å². The van der Waals surface area contributed by atoms with Gasteiger partial charge < -0.3 is 10.1 Å². The molecule has 1 unspecified atom stereocenters. The Balaban J connectivity index is 1.71. The molecular weight excluding hydrogens is 341 g/mol. The number of rotatable bonds is 6. The van der Waals surface area contributed by atoms with Crippen molar-refractivity contribution < 1.29 is 17.9 Å². The Bertz CT molecular complexity index is 668. The first kappa shape index (κ1) is 18.9. The third kappa shape index (κ3) is 5.06. The van der Waals surface area contributed by atoms with E-state index in [0.717, 1.165) is 56.0 Å². The average molecular weight is 364 g/mol. The van der Waals surface area contributed by atoms with E-state index in [0.29, 0.717) is 6.61 Å². The van der Waals surface area contributed by atoms with Gasteiger partial charge in [-0.05, 0) is 23.3 Å². The molecule has 1 fully saturated rings. The largest absolute Gasteiger partial charge is 0.416 e. The van der Waals surface area contributed by atoms with E-state index in [1.807, 2.05) is 30.3 Å². The maximum Gasteiger partial charge on any atom is 0.416 e. The summed E-state index contributed by atoms with van der Waals surface area (Å²) in [6.07, 6.45) is -4.70. The van der Waals surface area contributed by atoms with Crippen LogP contribution in [0.3, 0.4) is 0 Å². The van der Waals surface area contributed by atoms with Crippen molar-refractivity contribution in [1.29, 1.82) is 0 Å². The molecule has 1 saturated heterocycles. The zero-order chi connectivity index (χ0) is 18.4. The van der Waals surface area contributed by atoms with Crippen LogP contribution in [0.25, 0.3) is 0 Å². The molecule has 2 aromatic rings. The third-order valence-electron chi connectivity index (χ3n) is 4.54. The van der Waals surface area contributed by atoms with Crippen molar-refractivity contribution in [2.45, 2.75) is 12.3 Å². The summed E-state index contributed by atoms with van der Waals surface area (Å²) in [5, 5.41) is 3.31. The molecule has 0 amide bonds. The van der Waals surface area contributed by atoms with Crippen LogP contribution in [0, 0.1) is 0 Å². The number of nitrogens with one attached hydrogen (secondary N) is 1. The maximum atomic E-state index is 12.8. The van der Waals surface area contributed by atoms with Crippen LogP contribution >= 0.6 is 0 Å². The monoisotopic (exact) mass is 364 g/mol. The molecule has 1 atom stereocenters. The van der Waals surface area contributed by atoms with Crippen molar-refractivity contribution in [2.75, 3.05) is 39.3 Å². The zero-order valence-electron chi connectivity index (χ0n) is 14.5. The van der Waals surface area contributed by atoms with Gasteiger partial charge in [0.15, 0.2) is 0 Å². The summed E-state index contributed by atoms with van der Waals surface area (Å²) in [5.74, 6) is 0. The quantitative estimate of drug-likeness (QED) is 0.846. The maximum absolute atomic E-state index is 12.8. The van der Waals surface area contributed by atoms with Crippen LogP contribution in [0.2, 0.25) is 0 Å². The Labute approximate surface area is 151 Å². The number of hydrogen-bond donors (Lipinski definition) is 1. The molecule has 1 aliphatic rings. The molecule has 2 aromatic carbocycles. The van der Waals surface area contributed by atoms with Crippen molar-refractivity contribution in [3.05, 3.63) is 71.3 Å². The van der Waals surface area contributed by atoms with Crippen LogP contribution in [0.4, 0.5) is 13.2 Å². The molecule has 3 rings (SSSR count). The number of ether oxygens (including phenoxy) is 1. The Morgan fingerprint density at radius 3 is 2.15 bits per heavy atom. The van der Waals surface area contributed by atoms with Gasteiger partial charge in [-0.15, -0.1) is 0 Å². The first-order valence-electron chi connectivity index (χ1n) is 8.81. The molecule has 140 valence electrons. The number of benzene rings is 2. The fourth-order valence-corrected chi connectivity index (χ4v) is 3.09. The van der Waals surface area contributed by atoms with Crippen molar-refractivity contribution in [3.63, 3.8) is 0 Å². The molecule has 6 heteroatoms. The van der Waals surface area contributed by atoms with Crippen LogP contribution < -0.4 is 5.32 Å². The highest BCUT2D eigenvalue weighted by Crippen LogP contribution is 2.32. The summed E-state index contributed by atoms with van der Waals surface area (Å²) in [6.45, 7) is 5.26. The second-order valence-electron chi connectivity index (χ2n) is 6.37. The van der Waals surface area contributed by atoms with Crippen LogP contribution in [-0.2, 0) is 10.9 Å². The fraction of sp³-hybridized carbons (Fsp3) is 0.400. The van der Waals surface area contributed by atoms with Gasteiger partial charge in [-0.2, -0.15) is 13.2 Å². The highest BCUT2D eigenvalue weighted by molar-refractivity contribution is 5.33. The predicted molar refractivity (Wildman–Crippen MR) is 95.0 cm³/mol. The minimum absolute atomic E-state index is 0.374. The number of alkyl halides is 3. The van der Waals surface area contributed by atoms with E-state index in [2.05, 4.69) is 10.2 Å². The van der Waals surface area contributed by atoms with Gasteiger partial charge in [0, 0.05) is 32.7 Å². The van der Waals surface area contributed by atoms with E-state index in [9.17, 15) is 13.2 Å². The van der Waals surface area contributed by atoms with E-state index >= 15 is 0 Å². The van der Waals surface area contributed by atoms with Crippen molar-refractivity contribution >= 4 is 0 Å². The first-order chi connectivity index (χ1) is 12.5. The van der Waals surface area contributed by atoms with E-state index < -0.39 is 11.7 Å². The molecule has 3 nitrogen and oxygen atoms in total. The molecule has 0 radical (unpaired) electrons. The van der Waals surface area contributed by atoms with E-state index in [1.54, 1.807) is 0 Å². The summed E-state index contributed by atoms with van der Waals surface area (Å²) in [5.41, 5.74) is 1.02. The Morgan fingerprint density at radius 2 is 1.54 bits per heavy atom. The normalized spacial score (nSPS) is 17.2. The van der Waals surface area contributed by atoms with Crippen molar-refractivity contribution in [1.82, 2.24) is 10.2 Å². The smallest absolute Gasteiger partial charge is 0.367 e. The predicted octanol–water partition coefficient (Wildman–Crippen LogP) is 3.72. The van der Waals surface area contributed by atoms with E-state index in [4.69, 9.17) is 4.74 Å². The summed E-state index contributed by atoms with van der Waals surface area (Å²) in [4.78, 5) is 2.32. The zero-order valence-corrected chi connectivity index (χ0v) is 14.5. The van der Waals surface area contributed by atoms with Gasteiger partial charge in [0.25, 0.3) is 0 Å². The molecule has 0 saturated carbocycles. The minimum Gasteiger partial charge on any atom is -0.367 e. The second-order valence-corrected chi connectivity index (χ2v) is 6.37. The van der Waals surface area contributed by atoms with Gasteiger partial charge in [-0.25, -0.2) is 0 Å². The van der Waals surface area contributed by atoms with Crippen LogP contribution in [0.1, 0.15) is 22.8 Å². The third-order valence-corrected chi connectivity index (χ3v) is 4.54. The van der Waals surface area contributed by atoms with Crippen LogP contribution in [-0.4, -0.2) is 44.2 Å². The molecule has 0 bridgehead atoms. The summed E-state index contributed by atoms with van der Waals surface area (Å²) in [7, 11) is 0. The molecule has 0 aliphatic carbocycles. The second kappa shape index (κ2) is 8.66. The lowest BCUT2D eigenvalue weighted by Gasteiger charge is -2.28. The minimum atomic E-state index is -4.33. The van der Waals surface area contributed by atoms with Gasteiger partial charge in [0.1, 0.15) is 6.10 Å². The van der Waals surface area contributed by atoms with E-state index in [-0.39, 0.29) is 6.10 Å². The highest BCUT2D eigenvalue weighted by atomic mass is 19.4. The van der Waals surface area contributed by atoms with Crippen LogP contribution in [0.15, 0.2) is 54.6 Å². The van der Waals surface area contributed by atoms with Gasteiger partial charge in [-0.3, -0.25) is 4.90 Å². The lowest BCUT2D eigenvalue weighted by Crippen LogP contribution is -2.44. The molecule has 0 spiro atoms. The lowest BCUT2D eigenvalue weighted by molar-refractivity contribution is -0.137. The number of hydrogen-bond acceptors (Lipinski definition) is 3. The molecule has 1 heterocycles. The Morgan fingerprint density at radius 1 is 0.923 bits per heavy atom. The first-order valence-corrected chi connectivity index (χ1v) is 8.81. The average Bonchev–Trinajstić information content (AvgIpc) is 2.66. The SMILES string of the molecule is FC(F)(F)c1ccc(C(OCCN2CCNCC2)c2ccccc2)cc1. The summed E-state index contributed by atoms with van der Waals surface area (Å²) >= 11 is 0. The van der Waals surface area contributed by atoms with E-state index in [1.165, 1.54) is 12.1 Å². The van der Waals surface area contributed by atoms with Crippen molar-refractivity contribution in [2.24, 2.45) is 0 Å². The summed E-state index contributed by atoms with van der Waals surface area (Å²) in [6, 6.07) is 14.8. The standard InChI is InChI=1S/C20H23F3N2O/c21-20(22,23)18-8-6-17(7-9-18)19(16-4-2-1-3-5-16)26-15-14-25-12-10-24-11-13-25/h1-9,19,24H,10-15H2.